The molecule has 0 fully saturated rings. The maximum absolute atomic E-state index is 13.5. The Hall–Kier alpha value is -2.77. The van der Waals surface area contributed by atoms with Gasteiger partial charge in [-0.25, -0.2) is 12.8 Å². The van der Waals surface area contributed by atoms with Gasteiger partial charge in [0, 0.05) is 5.02 Å². The van der Waals surface area contributed by atoms with Crippen molar-refractivity contribution in [1.29, 1.82) is 0 Å². The molecule has 1 unspecified atom stereocenters. The van der Waals surface area contributed by atoms with Crippen molar-refractivity contribution in [2.75, 3.05) is 18.5 Å². The Kier molecular flexibility index (Phi) is 6.53. The normalized spacial score (nSPS) is 12.3. The average Bonchev–Trinajstić information content (AvgIpc) is 2.74. The third-order valence-corrected chi connectivity index (χ3v) is 6.86. The predicted molar refractivity (Wildman–Crippen MR) is 115 cm³/mol. The lowest BCUT2D eigenvalue weighted by Crippen LogP contribution is -2.33. The van der Waals surface area contributed by atoms with Gasteiger partial charge in [0.25, 0.3) is 10.0 Å². The summed E-state index contributed by atoms with van der Waals surface area (Å²) in [5, 5.41) is 0.483. The zero-order valence-corrected chi connectivity index (χ0v) is 18.2. The van der Waals surface area contributed by atoms with Crippen molar-refractivity contribution in [2.24, 2.45) is 0 Å². The fourth-order valence-corrected chi connectivity index (χ4v) is 4.90. The van der Waals surface area contributed by atoms with Gasteiger partial charge in [-0.1, -0.05) is 17.7 Å². The lowest BCUT2D eigenvalue weighted by Gasteiger charge is -2.31. The van der Waals surface area contributed by atoms with Crippen LogP contribution in [-0.4, -0.2) is 22.6 Å². The Bertz CT molecular complexity index is 1120. The van der Waals surface area contributed by atoms with Crippen molar-refractivity contribution < 1.29 is 22.3 Å². The van der Waals surface area contributed by atoms with Crippen molar-refractivity contribution in [1.82, 2.24) is 0 Å². The van der Waals surface area contributed by atoms with E-state index in [1.54, 1.807) is 49.4 Å². The SMILES string of the molecule is COc1ccc(C(C)N(c2ccc(Cl)cc2)S(=O)(=O)c2ccc(F)cc2)cc1OC. The fraction of sp³-hybridized carbons (Fsp3) is 0.182. The largest absolute Gasteiger partial charge is 0.493 e. The van der Waals surface area contributed by atoms with E-state index in [1.807, 2.05) is 0 Å². The Morgan fingerprint density at radius 2 is 1.50 bits per heavy atom. The number of ether oxygens (including phenoxy) is 2. The first-order valence-corrected chi connectivity index (χ1v) is 10.9. The number of nitrogens with zero attached hydrogens (tertiary/aromatic N) is 1. The molecule has 0 heterocycles. The van der Waals surface area contributed by atoms with Crippen molar-refractivity contribution >= 4 is 27.3 Å². The highest BCUT2D eigenvalue weighted by Crippen LogP contribution is 2.37. The molecule has 0 aromatic heterocycles. The molecule has 5 nitrogen and oxygen atoms in total. The van der Waals surface area contributed by atoms with E-state index in [0.717, 1.165) is 12.1 Å². The molecule has 0 saturated carbocycles. The van der Waals surface area contributed by atoms with Gasteiger partial charge in [0.05, 0.1) is 30.8 Å². The minimum Gasteiger partial charge on any atom is -0.493 e. The number of hydrogen-bond donors (Lipinski definition) is 0. The quantitative estimate of drug-likeness (QED) is 0.481. The van der Waals surface area contributed by atoms with Crippen LogP contribution in [0.2, 0.25) is 5.02 Å². The van der Waals surface area contributed by atoms with Gasteiger partial charge in [-0.05, 0) is 73.2 Å². The van der Waals surface area contributed by atoms with E-state index in [0.29, 0.717) is 27.8 Å². The molecule has 0 spiro atoms. The van der Waals surface area contributed by atoms with Gasteiger partial charge in [-0.3, -0.25) is 4.31 Å². The Morgan fingerprint density at radius 3 is 2.07 bits per heavy atom. The minimum atomic E-state index is -4.01. The van der Waals surface area contributed by atoms with Gasteiger partial charge in [0.2, 0.25) is 0 Å². The van der Waals surface area contributed by atoms with Crippen LogP contribution in [0.3, 0.4) is 0 Å². The summed E-state index contributed by atoms with van der Waals surface area (Å²) in [7, 11) is -0.975. The summed E-state index contributed by atoms with van der Waals surface area (Å²) in [4.78, 5) is -0.0221. The molecular weight excluding hydrogens is 429 g/mol. The average molecular weight is 450 g/mol. The molecule has 158 valence electrons. The predicted octanol–water partition coefficient (Wildman–Crippen LogP) is 5.45. The molecule has 0 bridgehead atoms. The number of methoxy groups -OCH3 is 2. The van der Waals surface area contributed by atoms with Gasteiger partial charge < -0.3 is 9.47 Å². The number of rotatable bonds is 7. The fourth-order valence-electron chi connectivity index (χ4n) is 3.13. The van der Waals surface area contributed by atoms with E-state index in [9.17, 15) is 12.8 Å². The van der Waals surface area contributed by atoms with Crippen molar-refractivity contribution in [3.8, 4) is 11.5 Å². The van der Waals surface area contributed by atoms with E-state index in [-0.39, 0.29) is 4.90 Å². The second-order valence-electron chi connectivity index (χ2n) is 6.52. The van der Waals surface area contributed by atoms with Crippen LogP contribution in [0.5, 0.6) is 11.5 Å². The molecule has 0 radical (unpaired) electrons. The van der Waals surface area contributed by atoms with Crippen LogP contribution >= 0.6 is 11.6 Å². The number of sulfonamides is 1. The first kappa shape index (κ1) is 21.9. The lowest BCUT2D eigenvalue weighted by atomic mass is 10.1. The molecule has 0 amide bonds. The number of hydrogen-bond acceptors (Lipinski definition) is 4. The summed E-state index contributed by atoms with van der Waals surface area (Å²) in [6.07, 6.45) is 0. The van der Waals surface area contributed by atoms with Crippen molar-refractivity contribution in [2.45, 2.75) is 17.9 Å². The highest BCUT2D eigenvalue weighted by atomic mass is 35.5. The Morgan fingerprint density at radius 1 is 0.900 bits per heavy atom. The minimum absolute atomic E-state index is 0.0221. The standard InChI is InChI=1S/C22H21ClFNO4S/c1-15(16-4-13-21(28-2)22(14-16)29-3)25(19-9-5-17(23)6-10-19)30(26,27)20-11-7-18(24)8-12-20/h4-15H,1-3H3. The van der Waals surface area contributed by atoms with Gasteiger partial charge >= 0.3 is 0 Å². The maximum Gasteiger partial charge on any atom is 0.264 e. The summed E-state index contributed by atoms with van der Waals surface area (Å²) in [5.41, 5.74) is 1.11. The van der Waals surface area contributed by atoms with E-state index in [2.05, 4.69) is 0 Å². The number of anilines is 1. The zero-order valence-electron chi connectivity index (χ0n) is 16.7. The Balaban J connectivity index is 2.14. The van der Waals surface area contributed by atoms with Crippen LogP contribution in [0, 0.1) is 5.82 Å². The molecule has 3 aromatic carbocycles. The van der Waals surface area contributed by atoms with Crippen molar-refractivity contribution in [3.63, 3.8) is 0 Å². The topological polar surface area (TPSA) is 55.8 Å². The number of benzene rings is 3. The van der Waals surface area contributed by atoms with Crippen LogP contribution in [0.4, 0.5) is 10.1 Å². The van der Waals surface area contributed by atoms with Crippen LogP contribution in [0.15, 0.2) is 71.6 Å². The molecule has 3 aromatic rings. The van der Waals surface area contributed by atoms with Crippen molar-refractivity contribution in [3.05, 3.63) is 83.1 Å². The summed E-state index contributed by atoms with van der Waals surface area (Å²) in [6, 6.07) is 15.8. The highest BCUT2D eigenvalue weighted by Gasteiger charge is 2.31. The molecular formula is C22H21ClFNO4S. The van der Waals surface area contributed by atoms with Gasteiger partial charge in [0.15, 0.2) is 11.5 Å². The molecule has 0 saturated heterocycles. The molecule has 0 N–H and O–H groups in total. The third-order valence-electron chi connectivity index (χ3n) is 4.69. The first-order chi connectivity index (χ1) is 14.3. The third kappa shape index (κ3) is 4.37. The van der Waals surface area contributed by atoms with Gasteiger partial charge in [-0.15, -0.1) is 0 Å². The van der Waals surface area contributed by atoms with Gasteiger partial charge in [0.1, 0.15) is 5.82 Å². The summed E-state index contributed by atoms with van der Waals surface area (Å²) < 4.78 is 52.3. The van der Waals surface area contributed by atoms with Crippen LogP contribution < -0.4 is 13.8 Å². The molecule has 30 heavy (non-hydrogen) atoms. The second-order valence-corrected chi connectivity index (χ2v) is 8.77. The molecule has 0 aliphatic rings. The molecule has 0 aliphatic carbocycles. The first-order valence-electron chi connectivity index (χ1n) is 9.05. The molecule has 3 rings (SSSR count). The molecule has 8 heteroatoms. The second kappa shape index (κ2) is 8.93. The van der Waals surface area contributed by atoms with E-state index >= 15 is 0 Å². The van der Waals surface area contributed by atoms with Gasteiger partial charge in [-0.2, -0.15) is 0 Å². The molecule has 1 atom stereocenters. The zero-order chi connectivity index (χ0) is 21.9. The summed E-state index contributed by atoms with van der Waals surface area (Å²) >= 11 is 5.99. The summed E-state index contributed by atoms with van der Waals surface area (Å²) in [6.45, 7) is 1.76. The summed E-state index contributed by atoms with van der Waals surface area (Å²) in [5.74, 6) is 0.505. The molecule has 0 aliphatic heterocycles. The lowest BCUT2D eigenvalue weighted by molar-refractivity contribution is 0.354. The smallest absolute Gasteiger partial charge is 0.264 e. The maximum atomic E-state index is 13.5. The van der Waals surface area contributed by atoms with E-state index < -0.39 is 21.9 Å². The Labute approximate surface area is 180 Å². The van der Waals surface area contributed by atoms with E-state index in [1.165, 1.54) is 30.7 Å². The highest BCUT2D eigenvalue weighted by molar-refractivity contribution is 7.92. The van der Waals surface area contributed by atoms with E-state index in [4.69, 9.17) is 21.1 Å². The monoisotopic (exact) mass is 449 g/mol. The van der Waals surface area contributed by atoms with Crippen LogP contribution in [-0.2, 0) is 10.0 Å². The number of halogens is 2. The van der Waals surface area contributed by atoms with Crippen LogP contribution in [0.1, 0.15) is 18.5 Å². The van der Waals surface area contributed by atoms with Crippen LogP contribution in [0.25, 0.3) is 0 Å².